The summed E-state index contributed by atoms with van der Waals surface area (Å²) >= 11 is 11.9. The zero-order chi connectivity index (χ0) is 20.8. The molecule has 1 saturated heterocycles. The van der Waals surface area contributed by atoms with Crippen molar-refractivity contribution in [3.63, 3.8) is 0 Å². The molecule has 7 heteroatoms. The number of benzene rings is 2. The van der Waals surface area contributed by atoms with E-state index >= 15 is 0 Å². The minimum atomic E-state index is -0.714. The van der Waals surface area contributed by atoms with E-state index in [4.69, 9.17) is 37.4 Å². The van der Waals surface area contributed by atoms with Crippen molar-refractivity contribution in [2.24, 2.45) is 0 Å². The van der Waals surface area contributed by atoms with Crippen LogP contribution in [0.2, 0.25) is 10.0 Å². The average Bonchev–Trinajstić information content (AvgIpc) is 3.40. The maximum Gasteiger partial charge on any atom is 0.187 e. The van der Waals surface area contributed by atoms with Crippen molar-refractivity contribution >= 4 is 23.2 Å². The van der Waals surface area contributed by atoms with Crippen LogP contribution < -0.4 is 0 Å². The first-order valence-electron chi connectivity index (χ1n) is 9.94. The van der Waals surface area contributed by atoms with Crippen molar-refractivity contribution in [3.05, 3.63) is 88.4 Å². The Balaban J connectivity index is 1.35. The van der Waals surface area contributed by atoms with Gasteiger partial charge in [0.05, 0.1) is 32.7 Å². The summed E-state index contributed by atoms with van der Waals surface area (Å²) in [5.74, 6) is -0.714. The molecule has 0 amide bonds. The number of aryl methyl sites for hydroxylation is 1. The van der Waals surface area contributed by atoms with Crippen LogP contribution in [0, 0.1) is 0 Å². The molecule has 0 radical (unpaired) electrons. The van der Waals surface area contributed by atoms with E-state index in [1.807, 2.05) is 59.3 Å². The Morgan fingerprint density at radius 2 is 1.73 bits per heavy atom. The van der Waals surface area contributed by atoms with Crippen LogP contribution in [0.15, 0.2) is 67.3 Å². The van der Waals surface area contributed by atoms with Crippen LogP contribution in [0.5, 0.6) is 0 Å². The van der Waals surface area contributed by atoms with Gasteiger partial charge < -0.3 is 18.8 Å². The van der Waals surface area contributed by atoms with Crippen molar-refractivity contribution < 1.29 is 14.2 Å². The van der Waals surface area contributed by atoms with Gasteiger partial charge in [0.25, 0.3) is 0 Å². The molecule has 1 aromatic heterocycles. The van der Waals surface area contributed by atoms with E-state index in [9.17, 15) is 0 Å². The Kier molecular flexibility index (Phi) is 7.08. The van der Waals surface area contributed by atoms with Crippen LogP contribution in [-0.4, -0.2) is 34.7 Å². The van der Waals surface area contributed by atoms with E-state index < -0.39 is 5.79 Å². The summed E-state index contributed by atoms with van der Waals surface area (Å²) in [5.41, 5.74) is 2.27. The van der Waals surface area contributed by atoms with E-state index in [1.54, 1.807) is 12.5 Å². The number of aromatic nitrogens is 2. The van der Waals surface area contributed by atoms with E-state index in [1.165, 1.54) is 5.56 Å². The minimum Gasteiger partial charge on any atom is -0.374 e. The molecule has 1 aliphatic rings. The third-order valence-electron chi connectivity index (χ3n) is 5.09. The lowest BCUT2D eigenvalue weighted by atomic mass is 10.0. The van der Waals surface area contributed by atoms with Crippen LogP contribution in [0.4, 0.5) is 0 Å². The van der Waals surface area contributed by atoms with Crippen molar-refractivity contribution in [2.75, 3.05) is 13.2 Å². The van der Waals surface area contributed by atoms with Gasteiger partial charge in [-0.25, -0.2) is 4.98 Å². The zero-order valence-electron chi connectivity index (χ0n) is 16.5. The second kappa shape index (κ2) is 9.94. The Morgan fingerprint density at radius 3 is 2.40 bits per heavy atom. The van der Waals surface area contributed by atoms with Gasteiger partial charge in [0.2, 0.25) is 0 Å². The first kappa shape index (κ1) is 21.3. The fourth-order valence-corrected chi connectivity index (χ4v) is 3.78. The third kappa shape index (κ3) is 5.84. The number of halogens is 2. The number of ether oxygens (including phenoxy) is 3. The van der Waals surface area contributed by atoms with Gasteiger partial charge in [-0.1, -0.05) is 47.5 Å². The van der Waals surface area contributed by atoms with Gasteiger partial charge in [0.15, 0.2) is 5.79 Å². The molecule has 0 N–H and O–H groups in total. The number of imidazole rings is 1. The standard InChI is InChI=1S/C23H24Cl2N2O3/c24-20-5-1-18(2-6-20)9-10-23(16-27-12-11-26-17-27)29-15-22(30-23)14-28-13-19-3-7-21(25)8-4-19/h1-8,11-12,17,22H,9-10,13-16H2/t22-,23-/m0/s1. The van der Waals surface area contributed by atoms with Crippen molar-refractivity contribution in [1.29, 1.82) is 0 Å². The molecule has 158 valence electrons. The minimum absolute atomic E-state index is 0.119. The first-order valence-corrected chi connectivity index (χ1v) is 10.7. The highest BCUT2D eigenvalue weighted by Crippen LogP contribution is 2.31. The lowest BCUT2D eigenvalue weighted by molar-refractivity contribution is -0.187. The van der Waals surface area contributed by atoms with Gasteiger partial charge in [-0.15, -0.1) is 0 Å². The molecule has 1 aliphatic heterocycles. The van der Waals surface area contributed by atoms with Crippen molar-refractivity contribution in [3.8, 4) is 0 Å². The second-order valence-corrected chi connectivity index (χ2v) is 8.34. The highest BCUT2D eigenvalue weighted by Gasteiger charge is 2.41. The van der Waals surface area contributed by atoms with E-state index in [0.717, 1.165) is 28.5 Å². The predicted molar refractivity (Wildman–Crippen MR) is 117 cm³/mol. The maximum atomic E-state index is 6.38. The van der Waals surface area contributed by atoms with Gasteiger partial charge in [-0.05, 0) is 41.8 Å². The highest BCUT2D eigenvalue weighted by atomic mass is 35.5. The van der Waals surface area contributed by atoms with Gasteiger partial charge in [0, 0.05) is 28.9 Å². The summed E-state index contributed by atoms with van der Waals surface area (Å²) < 4.78 is 20.4. The van der Waals surface area contributed by atoms with Crippen LogP contribution in [0.1, 0.15) is 17.5 Å². The quantitative estimate of drug-likeness (QED) is 0.455. The zero-order valence-corrected chi connectivity index (χ0v) is 18.1. The maximum absolute atomic E-state index is 6.38. The monoisotopic (exact) mass is 446 g/mol. The lowest BCUT2D eigenvalue weighted by Gasteiger charge is -2.28. The van der Waals surface area contributed by atoms with Crippen LogP contribution in [-0.2, 0) is 33.8 Å². The molecule has 0 saturated carbocycles. The van der Waals surface area contributed by atoms with Gasteiger partial charge in [-0.2, -0.15) is 0 Å². The van der Waals surface area contributed by atoms with Crippen molar-refractivity contribution in [2.45, 2.75) is 37.9 Å². The summed E-state index contributed by atoms with van der Waals surface area (Å²) in [5, 5.41) is 1.45. The molecular weight excluding hydrogens is 423 g/mol. The van der Waals surface area contributed by atoms with Crippen molar-refractivity contribution in [1.82, 2.24) is 9.55 Å². The first-order chi connectivity index (χ1) is 14.6. The molecule has 4 rings (SSSR count). The Morgan fingerprint density at radius 1 is 1.03 bits per heavy atom. The van der Waals surface area contributed by atoms with E-state index in [2.05, 4.69) is 4.98 Å². The third-order valence-corrected chi connectivity index (χ3v) is 5.59. The number of hydrogen-bond acceptors (Lipinski definition) is 4. The fraction of sp³-hybridized carbons (Fsp3) is 0.348. The summed E-state index contributed by atoms with van der Waals surface area (Å²) in [4.78, 5) is 4.13. The van der Waals surface area contributed by atoms with Crippen LogP contribution in [0.3, 0.4) is 0 Å². The summed E-state index contributed by atoms with van der Waals surface area (Å²) in [7, 11) is 0. The molecule has 30 heavy (non-hydrogen) atoms. The van der Waals surface area contributed by atoms with E-state index in [0.29, 0.717) is 26.4 Å². The predicted octanol–water partition coefficient (Wildman–Crippen LogP) is 5.15. The number of nitrogens with zero attached hydrogens (tertiary/aromatic N) is 2. The molecule has 2 atom stereocenters. The molecule has 0 unspecified atom stereocenters. The molecule has 5 nitrogen and oxygen atoms in total. The Labute approximate surface area is 186 Å². The number of rotatable bonds is 9. The lowest BCUT2D eigenvalue weighted by Crippen LogP contribution is -2.37. The largest absolute Gasteiger partial charge is 0.374 e. The van der Waals surface area contributed by atoms with Gasteiger partial charge in [0.1, 0.15) is 6.10 Å². The van der Waals surface area contributed by atoms with Crippen LogP contribution in [0.25, 0.3) is 0 Å². The smallest absolute Gasteiger partial charge is 0.187 e. The molecule has 0 spiro atoms. The Bertz CT molecular complexity index is 917. The molecule has 0 aliphatic carbocycles. The topological polar surface area (TPSA) is 45.5 Å². The van der Waals surface area contributed by atoms with Gasteiger partial charge in [-0.3, -0.25) is 0 Å². The van der Waals surface area contributed by atoms with E-state index in [-0.39, 0.29) is 6.10 Å². The molecule has 2 heterocycles. The molecule has 2 aromatic carbocycles. The fourth-order valence-electron chi connectivity index (χ4n) is 3.52. The molecule has 1 fully saturated rings. The molecular formula is C23H24Cl2N2O3. The summed E-state index contributed by atoms with van der Waals surface area (Å²) in [6, 6.07) is 15.5. The summed E-state index contributed by atoms with van der Waals surface area (Å²) in [6.07, 6.45) is 6.88. The highest BCUT2D eigenvalue weighted by molar-refractivity contribution is 6.30. The van der Waals surface area contributed by atoms with Gasteiger partial charge >= 0.3 is 0 Å². The van der Waals surface area contributed by atoms with Crippen LogP contribution >= 0.6 is 23.2 Å². The average molecular weight is 447 g/mol. The number of hydrogen-bond donors (Lipinski definition) is 0. The SMILES string of the molecule is Clc1ccc(CC[C@]2(Cn3ccnc3)OC[C@H](COCc3ccc(Cl)cc3)O2)cc1. The Hall–Kier alpha value is -1.89. The summed E-state index contributed by atoms with van der Waals surface area (Å²) in [6.45, 7) is 2.05. The second-order valence-electron chi connectivity index (χ2n) is 7.46. The molecule has 3 aromatic rings. The molecule has 0 bridgehead atoms. The normalized spacial score (nSPS) is 21.2.